The molecule has 0 atom stereocenters. The van der Waals surface area contributed by atoms with Crippen molar-refractivity contribution in [3.05, 3.63) is 72.0 Å². The van der Waals surface area contributed by atoms with Crippen molar-refractivity contribution in [1.29, 1.82) is 0 Å². The molecule has 1 heteroatoms. The molecule has 0 amide bonds. The lowest BCUT2D eigenvalue weighted by Gasteiger charge is -2.08. The molecular weight excluding hydrogens is 223 g/mol. The van der Waals surface area contributed by atoms with Gasteiger partial charge in [0.25, 0.3) is 0 Å². The summed E-state index contributed by atoms with van der Waals surface area (Å²) >= 11 is 0. The highest BCUT2D eigenvalue weighted by atomic mass is 19.1. The summed E-state index contributed by atoms with van der Waals surface area (Å²) in [5.41, 5.74) is 2.96. The van der Waals surface area contributed by atoms with Crippen LogP contribution < -0.4 is 0 Å². The average molecular weight is 236 g/mol. The molecule has 0 N–H and O–H groups in total. The number of halogens is 1. The Labute approximate surface area is 106 Å². The van der Waals surface area contributed by atoms with Gasteiger partial charge >= 0.3 is 0 Å². The highest BCUT2D eigenvalue weighted by molar-refractivity contribution is 5.96. The van der Waals surface area contributed by atoms with Crippen LogP contribution in [0.5, 0.6) is 0 Å². The largest absolute Gasteiger partial charge is 0.207 e. The van der Waals surface area contributed by atoms with E-state index in [0.717, 1.165) is 22.1 Å². The zero-order valence-corrected chi connectivity index (χ0v) is 10.2. The van der Waals surface area contributed by atoms with Gasteiger partial charge in [0.1, 0.15) is 5.82 Å². The fourth-order valence-corrected chi connectivity index (χ4v) is 2.37. The smallest absolute Gasteiger partial charge is 0.124 e. The monoisotopic (exact) mass is 236 g/mol. The molecule has 3 rings (SSSR count). The third-order valence-corrected chi connectivity index (χ3v) is 3.14. The molecule has 0 nitrogen and oxygen atoms in total. The van der Waals surface area contributed by atoms with Gasteiger partial charge in [-0.05, 0) is 46.5 Å². The minimum atomic E-state index is -0.182. The third kappa shape index (κ3) is 1.88. The van der Waals surface area contributed by atoms with Crippen molar-refractivity contribution in [2.75, 3.05) is 0 Å². The number of hydrogen-bond donors (Lipinski definition) is 0. The van der Waals surface area contributed by atoms with Gasteiger partial charge in [0, 0.05) is 0 Å². The Hall–Kier alpha value is -2.15. The van der Waals surface area contributed by atoms with E-state index in [1.54, 1.807) is 12.1 Å². The van der Waals surface area contributed by atoms with E-state index in [-0.39, 0.29) is 5.82 Å². The standard InChI is InChI=1S/C17H13F/c1-12-9-14(11-15(18)10-12)17-8-4-6-13-5-2-3-7-16(13)17/h2-11H,1H3. The van der Waals surface area contributed by atoms with Crippen LogP contribution in [0.1, 0.15) is 5.56 Å². The molecule has 0 fully saturated rings. The van der Waals surface area contributed by atoms with Crippen LogP contribution in [-0.2, 0) is 0 Å². The molecule has 0 aliphatic carbocycles. The average Bonchev–Trinajstić information content (AvgIpc) is 2.37. The normalized spacial score (nSPS) is 10.8. The van der Waals surface area contributed by atoms with E-state index >= 15 is 0 Å². The van der Waals surface area contributed by atoms with Gasteiger partial charge < -0.3 is 0 Å². The second kappa shape index (κ2) is 4.26. The van der Waals surface area contributed by atoms with Crippen LogP contribution in [0.25, 0.3) is 21.9 Å². The summed E-state index contributed by atoms with van der Waals surface area (Å²) in [6, 6.07) is 19.5. The minimum absolute atomic E-state index is 0.182. The molecule has 3 aromatic carbocycles. The fraction of sp³-hybridized carbons (Fsp3) is 0.0588. The molecule has 0 aliphatic heterocycles. The van der Waals surface area contributed by atoms with Crippen molar-refractivity contribution in [1.82, 2.24) is 0 Å². The molecule has 0 radical (unpaired) electrons. The molecule has 3 aromatic rings. The maximum atomic E-state index is 13.5. The van der Waals surface area contributed by atoms with Gasteiger partial charge in [0.15, 0.2) is 0 Å². The Balaban J connectivity index is 2.31. The van der Waals surface area contributed by atoms with E-state index in [9.17, 15) is 4.39 Å². The highest BCUT2D eigenvalue weighted by Crippen LogP contribution is 2.29. The Morgan fingerprint density at radius 3 is 2.44 bits per heavy atom. The number of fused-ring (bicyclic) bond motifs is 1. The quantitative estimate of drug-likeness (QED) is 0.560. The molecule has 0 aromatic heterocycles. The summed E-state index contributed by atoms with van der Waals surface area (Å²) in [5, 5.41) is 2.34. The zero-order valence-electron chi connectivity index (χ0n) is 10.2. The van der Waals surface area contributed by atoms with Crippen LogP contribution in [0.2, 0.25) is 0 Å². The number of rotatable bonds is 1. The second-order valence-electron chi connectivity index (χ2n) is 4.54. The topological polar surface area (TPSA) is 0 Å². The lowest BCUT2D eigenvalue weighted by atomic mass is 9.97. The fourth-order valence-electron chi connectivity index (χ4n) is 2.37. The first-order chi connectivity index (χ1) is 8.74. The summed E-state index contributed by atoms with van der Waals surface area (Å²) in [4.78, 5) is 0. The van der Waals surface area contributed by atoms with Gasteiger partial charge in [-0.3, -0.25) is 0 Å². The first-order valence-corrected chi connectivity index (χ1v) is 5.99. The molecule has 0 heterocycles. The van der Waals surface area contributed by atoms with Gasteiger partial charge in [-0.25, -0.2) is 4.39 Å². The zero-order chi connectivity index (χ0) is 12.5. The molecule has 0 spiro atoms. The molecule has 18 heavy (non-hydrogen) atoms. The molecular formula is C17H13F. The Bertz CT molecular complexity index is 688. The van der Waals surface area contributed by atoms with Crippen molar-refractivity contribution in [2.24, 2.45) is 0 Å². The Morgan fingerprint density at radius 2 is 1.61 bits per heavy atom. The van der Waals surface area contributed by atoms with E-state index in [1.165, 1.54) is 5.39 Å². The summed E-state index contributed by atoms with van der Waals surface area (Å²) in [6.07, 6.45) is 0. The Kier molecular flexibility index (Phi) is 2.60. The Morgan fingerprint density at radius 1 is 0.833 bits per heavy atom. The van der Waals surface area contributed by atoms with Gasteiger partial charge in [0.05, 0.1) is 0 Å². The third-order valence-electron chi connectivity index (χ3n) is 3.14. The predicted molar refractivity (Wildman–Crippen MR) is 74.1 cm³/mol. The van der Waals surface area contributed by atoms with Gasteiger partial charge in [0.2, 0.25) is 0 Å². The number of hydrogen-bond acceptors (Lipinski definition) is 0. The van der Waals surface area contributed by atoms with Gasteiger partial charge in [-0.15, -0.1) is 0 Å². The summed E-state index contributed by atoms with van der Waals surface area (Å²) in [5.74, 6) is -0.182. The van der Waals surface area contributed by atoms with E-state index in [4.69, 9.17) is 0 Å². The summed E-state index contributed by atoms with van der Waals surface area (Å²) in [7, 11) is 0. The molecule has 0 saturated carbocycles. The van der Waals surface area contributed by atoms with Crippen LogP contribution in [0.15, 0.2) is 60.7 Å². The summed E-state index contributed by atoms with van der Waals surface area (Å²) < 4.78 is 13.5. The van der Waals surface area contributed by atoms with Crippen LogP contribution in [0, 0.1) is 12.7 Å². The van der Waals surface area contributed by atoms with Gasteiger partial charge in [-0.2, -0.15) is 0 Å². The van der Waals surface area contributed by atoms with E-state index in [0.29, 0.717) is 0 Å². The summed E-state index contributed by atoms with van der Waals surface area (Å²) in [6.45, 7) is 1.91. The lowest BCUT2D eigenvalue weighted by Crippen LogP contribution is -1.85. The van der Waals surface area contributed by atoms with Gasteiger partial charge in [-0.1, -0.05) is 48.5 Å². The van der Waals surface area contributed by atoms with Crippen molar-refractivity contribution in [3.63, 3.8) is 0 Å². The molecule has 0 aliphatic rings. The van der Waals surface area contributed by atoms with Crippen LogP contribution >= 0.6 is 0 Å². The lowest BCUT2D eigenvalue weighted by molar-refractivity contribution is 0.627. The molecule has 88 valence electrons. The highest BCUT2D eigenvalue weighted by Gasteiger charge is 2.05. The number of aryl methyl sites for hydroxylation is 1. The van der Waals surface area contributed by atoms with Crippen LogP contribution in [0.4, 0.5) is 4.39 Å². The van der Waals surface area contributed by atoms with E-state index < -0.39 is 0 Å². The predicted octanol–water partition coefficient (Wildman–Crippen LogP) is 4.95. The van der Waals surface area contributed by atoms with Crippen LogP contribution in [0.3, 0.4) is 0 Å². The number of benzene rings is 3. The van der Waals surface area contributed by atoms with Crippen molar-refractivity contribution < 1.29 is 4.39 Å². The molecule has 0 saturated heterocycles. The van der Waals surface area contributed by atoms with E-state index in [2.05, 4.69) is 18.2 Å². The second-order valence-corrected chi connectivity index (χ2v) is 4.54. The van der Waals surface area contributed by atoms with Crippen molar-refractivity contribution in [2.45, 2.75) is 6.92 Å². The first-order valence-electron chi connectivity index (χ1n) is 5.99. The van der Waals surface area contributed by atoms with Crippen molar-refractivity contribution in [3.8, 4) is 11.1 Å². The minimum Gasteiger partial charge on any atom is -0.207 e. The van der Waals surface area contributed by atoms with Crippen molar-refractivity contribution >= 4 is 10.8 Å². The maximum absolute atomic E-state index is 13.5. The SMILES string of the molecule is Cc1cc(F)cc(-c2cccc3ccccc23)c1. The van der Waals surface area contributed by atoms with E-state index in [1.807, 2.05) is 37.3 Å². The molecule has 0 bridgehead atoms. The maximum Gasteiger partial charge on any atom is 0.124 e. The van der Waals surface area contributed by atoms with Crippen LogP contribution in [-0.4, -0.2) is 0 Å². The molecule has 0 unspecified atom stereocenters. The first kappa shape index (κ1) is 11.0.